The standard InChI is InChI=1S/C26H34N6O6S2/c1-15(2)14-38-25(34)20(11-17-10-16-6-8-28-23(27)18(16)12-21(17)37-5)31-9-7-19(24(31)33)32(40(35)36)22-13-29-26(39-22)30(3)4/h6,8,10,12-13,15,19-20H,7,9,11,14H2,1-5H3,(H2,27,28)(H,35,36)/p-1/t19-,20+/m0/s1. The van der Waals surface area contributed by atoms with Gasteiger partial charge in [0.2, 0.25) is 5.91 Å². The van der Waals surface area contributed by atoms with Gasteiger partial charge in [-0.15, -0.1) is 0 Å². The number of nitrogens with two attached hydrogens (primary N) is 1. The minimum Gasteiger partial charge on any atom is -0.755 e. The van der Waals surface area contributed by atoms with Crippen molar-refractivity contribution in [3.8, 4) is 5.75 Å². The predicted octanol–water partition coefficient (Wildman–Crippen LogP) is 2.36. The number of nitrogen functional groups attached to an aromatic ring is 1. The Hall–Kier alpha value is -3.49. The van der Waals surface area contributed by atoms with E-state index in [2.05, 4.69) is 9.97 Å². The highest BCUT2D eigenvalue weighted by Gasteiger charge is 2.43. The summed E-state index contributed by atoms with van der Waals surface area (Å²) in [5, 5.41) is 2.42. The summed E-state index contributed by atoms with van der Waals surface area (Å²) in [6.45, 7) is 4.19. The molecule has 2 aromatic heterocycles. The first-order chi connectivity index (χ1) is 19.0. The van der Waals surface area contributed by atoms with Gasteiger partial charge in [-0.1, -0.05) is 25.2 Å². The number of nitrogens with zero attached hydrogens (tertiary/aromatic N) is 5. The maximum Gasteiger partial charge on any atom is 0.329 e. The molecule has 1 fully saturated rings. The Bertz CT molecular complexity index is 1410. The van der Waals surface area contributed by atoms with Crippen molar-refractivity contribution in [1.29, 1.82) is 0 Å². The minimum absolute atomic E-state index is 0.0907. The first-order valence-corrected chi connectivity index (χ1v) is 14.6. The third-order valence-corrected chi connectivity index (χ3v) is 8.61. The largest absolute Gasteiger partial charge is 0.755 e. The molecule has 0 saturated carbocycles. The second-order valence-corrected chi connectivity index (χ2v) is 11.9. The number of carbonyl (C=O) groups is 2. The molecule has 40 heavy (non-hydrogen) atoms. The summed E-state index contributed by atoms with van der Waals surface area (Å²) in [5.74, 6) is -0.127. The second-order valence-electron chi connectivity index (χ2n) is 10.1. The molecule has 0 spiro atoms. The van der Waals surface area contributed by atoms with Crippen molar-refractivity contribution in [2.24, 2.45) is 5.92 Å². The van der Waals surface area contributed by atoms with Crippen LogP contribution >= 0.6 is 11.3 Å². The Balaban J connectivity index is 1.68. The lowest BCUT2D eigenvalue weighted by Crippen LogP contribution is -2.49. The van der Waals surface area contributed by atoms with Crippen molar-refractivity contribution >= 4 is 61.2 Å². The monoisotopic (exact) mass is 589 g/mol. The number of amides is 1. The van der Waals surface area contributed by atoms with Crippen LogP contribution in [0.4, 0.5) is 16.0 Å². The van der Waals surface area contributed by atoms with Gasteiger partial charge in [0, 0.05) is 49.9 Å². The Labute approximate surface area is 239 Å². The van der Waals surface area contributed by atoms with E-state index in [0.717, 1.165) is 21.0 Å². The predicted molar refractivity (Wildman–Crippen MR) is 154 cm³/mol. The van der Waals surface area contributed by atoms with Crippen LogP contribution in [0, 0.1) is 5.92 Å². The van der Waals surface area contributed by atoms with Crippen LogP contribution in [0.3, 0.4) is 0 Å². The highest BCUT2D eigenvalue weighted by atomic mass is 32.2. The van der Waals surface area contributed by atoms with E-state index in [9.17, 15) is 18.4 Å². The molecule has 3 atom stereocenters. The number of esters is 1. The van der Waals surface area contributed by atoms with Crippen LogP contribution in [0.15, 0.2) is 30.6 Å². The van der Waals surface area contributed by atoms with E-state index < -0.39 is 35.2 Å². The molecule has 0 radical (unpaired) electrons. The lowest BCUT2D eigenvalue weighted by atomic mass is 10.00. The van der Waals surface area contributed by atoms with Crippen LogP contribution in [0.5, 0.6) is 5.75 Å². The van der Waals surface area contributed by atoms with Crippen molar-refractivity contribution < 1.29 is 27.8 Å². The Kier molecular flexibility index (Phi) is 9.11. The van der Waals surface area contributed by atoms with Crippen LogP contribution in [0.2, 0.25) is 0 Å². The number of carbonyl (C=O) groups excluding carboxylic acids is 2. The lowest BCUT2D eigenvalue weighted by Gasteiger charge is -2.31. The average Bonchev–Trinajstić information content (AvgIpc) is 3.53. The molecule has 0 aliphatic carbocycles. The van der Waals surface area contributed by atoms with Crippen LogP contribution in [0.1, 0.15) is 25.8 Å². The van der Waals surface area contributed by atoms with Gasteiger partial charge in [0.15, 0.2) is 5.13 Å². The molecule has 12 nitrogen and oxygen atoms in total. The number of ether oxygens (including phenoxy) is 2. The molecular formula is C26H33N6O6S2-. The number of rotatable bonds is 11. The molecule has 1 amide bonds. The zero-order chi connectivity index (χ0) is 29.1. The summed E-state index contributed by atoms with van der Waals surface area (Å²) < 4.78 is 36.9. The lowest BCUT2D eigenvalue weighted by molar-refractivity contribution is -0.154. The zero-order valence-electron chi connectivity index (χ0n) is 23.0. The molecule has 3 aromatic rings. The number of pyridine rings is 1. The molecule has 4 rings (SSSR count). The number of thiazole rings is 1. The summed E-state index contributed by atoms with van der Waals surface area (Å²) in [5.41, 5.74) is 6.72. The van der Waals surface area contributed by atoms with Crippen molar-refractivity contribution in [3.63, 3.8) is 0 Å². The van der Waals surface area contributed by atoms with Gasteiger partial charge in [-0.25, -0.2) is 14.8 Å². The fraction of sp³-hybridized carbons (Fsp3) is 0.462. The van der Waals surface area contributed by atoms with Gasteiger partial charge in [-0.2, -0.15) is 0 Å². The molecule has 0 bridgehead atoms. The summed E-state index contributed by atoms with van der Waals surface area (Å²) in [6, 6.07) is 3.40. The molecule has 3 heterocycles. The first kappa shape index (κ1) is 29.5. The van der Waals surface area contributed by atoms with Crippen molar-refractivity contribution in [2.45, 2.75) is 38.8 Å². The summed E-state index contributed by atoms with van der Waals surface area (Å²) >= 11 is -1.58. The maximum absolute atomic E-state index is 13.8. The van der Waals surface area contributed by atoms with Crippen molar-refractivity contribution in [3.05, 3.63) is 36.2 Å². The normalized spacial score (nSPS) is 16.8. The summed E-state index contributed by atoms with van der Waals surface area (Å²) in [4.78, 5) is 38.7. The molecule has 1 aliphatic rings. The number of anilines is 3. The Morgan fingerprint density at radius 3 is 2.70 bits per heavy atom. The van der Waals surface area contributed by atoms with Gasteiger partial charge in [0.25, 0.3) is 0 Å². The number of likely N-dealkylation sites (tertiary alicyclic amines) is 1. The summed E-state index contributed by atoms with van der Waals surface area (Å²) in [7, 11) is 5.10. The topological polar surface area (TPSA) is 154 Å². The van der Waals surface area contributed by atoms with Crippen molar-refractivity contribution in [2.75, 3.05) is 49.3 Å². The van der Waals surface area contributed by atoms with E-state index >= 15 is 0 Å². The Morgan fingerprint density at radius 2 is 2.08 bits per heavy atom. The number of methoxy groups -OCH3 is 1. The number of fused-ring (bicyclic) bond motifs is 1. The van der Waals surface area contributed by atoms with Crippen LogP contribution in [-0.2, 0) is 32.0 Å². The second kappa shape index (κ2) is 12.4. The fourth-order valence-corrected chi connectivity index (χ4v) is 6.29. The van der Waals surface area contributed by atoms with E-state index in [0.29, 0.717) is 32.6 Å². The Morgan fingerprint density at radius 1 is 1.32 bits per heavy atom. The van der Waals surface area contributed by atoms with Crippen LogP contribution in [-0.4, -0.2) is 81.9 Å². The summed E-state index contributed by atoms with van der Waals surface area (Å²) in [6.07, 6.45) is 3.33. The van der Waals surface area contributed by atoms with E-state index in [1.54, 1.807) is 37.3 Å². The van der Waals surface area contributed by atoms with E-state index in [-0.39, 0.29) is 31.9 Å². The van der Waals surface area contributed by atoms with Gasteiger partial charge < -0.3 is 29.6 Å². The minimum atomic E-state index is -2.74. The third kappa shape index (κ3) is 6.13. The molecule has 1 unspecified atom stereocenters. The molecular weight excluding hydrogens is 556 g/mol. The highest BCUT2D eigenvalue weighted by molar-refractivity contribution is 7.81. The molecule has 1 aliphatic heterocycles. The van der Waals surface area contributed by atoms with E-state index in [4.69, 9.17) is 15.2 Å². The van der Waals surface area contributed by atoms with E-state index in [1.807, 2.05) is 19.9 Å². The highest BCUT2D eigenvalue weighted by Crippen LogP contribution is 2.35. The SMILES string of the molecule is COc1cc2c(N)nccc2cc1C[C@H](C(=O)OCC(C)C)N1CC[C@H](N(c2cnc(N(C)C)s2)S(=O)[O-])C1=O. The van der Waals surface area contributed by atoms with Gasteiger partial charge in [-0.3, -0.25) is 13.3 Å². The molecule has 14 heteroatoms. The molecule has 2 N–H and O–H groups in total. The van der Waals surface area contributed by atoms with Crippen LogP contribution < -0.4 is 19.7 Å². The van der Waals surface area contributed by atoms with E-state index in [1.165, 1.54) is 18.2 Å². The van der Waals surface area contributed by atoms with Crippen molar-refractivity contribution in [1.82, 2.24) is 14.9 Å². The zero-order valence-corrected chi connectivity index (χ0v) is 24.7. The van der Waals surface area contributed by atoms with Gasteiger partial charge in [0.1, 0.15) is 28.7 Å². The number of aromatic nitrogens is 2. The first-order valence-electron chi connectivity index (χ1n) is 12.7. The molecule has 216 valence electrons. The van der Waals surface area contributed by atoms with Gasteiger partial charge in [0.05, 0.1) is 19.9 Å². The quantitative estimate of drug-likeness (QED) is 0.260. The number of hydrogen-bond acceptors (Lipinski definition) is 11. The average molecular weight is 590 g/mol. The molecule has 1 aromatic carbocycles. The number of hydrogen-bond donors (Lipinski definition) is 1. The fourth-order valence-electron chi connectivity index (χ4n) is 4.60. The van der Waals surface area contributed by atoms with Gasteiger partial charge >= 0.3 is 5.97 Å². The third-order valence-electron chi connectivity index (χ3n) is 6.55. The van der Waals surface area contributed by atoms with Crippen LogP contribution in [0.25, 0.3) is 10.8 Å². The maximum atomic E-state index is 13.8. The molecule has 1 saturated heterocycles. The smallest absolute Gasteiger partial charge is 0.329 e. The number of benzene rings is 1. The van der Waals surface area contributed by atoms with Gasteiger partial charge in [-0.05, 0) is 41.5 Å².